The summed E-state index contributed by atoms with van der Waals surface area (Å²) in [5, 5.41) is 8.90. The Hall–Kier alpha value is -1.88. The largest absolute Gasteiger partial charge is 0.466 e. The first-order chi connectivity index (χ1) is 12.7. The van der Waals surface area contributed by atoms with Gasteiger partial charge in [-0.05, 0) is 58.4 Å². The molecule has 0 radical (unpaired) electrons. The van der Waals surface area contributed by atoms with Gasteiger partial charge in [-0.25, -0.2) is 0 Å². The lowest BCUT2D eigenvalue weighted by molar-refractivity contribution is -0.163. The highest BCUT2D eigenvalue weighted by Gasteiger charge is 2.45. The van der Waals surface area contributed by atoms with E-state index in [1.807, 2.05) is 25.1 Å². The molecule has 0 fully saturated rings. The fourth-order valence-electron chi connectivity index (χ4n) is 3.68. The van der Waals surface area contributed by atoms with Gasteiger partial charge in [-0.2, -0.15) is 0 Å². The molecule has 2 atom stereocenters. The summed E-state index contributed by atoms with van der Waals surface area (Å²) in [4.78, 5) is 25.3. The van der Waals surface area contributed by atoms with Crippen LogP contribution in [0.5, 0.6) is 0 Å². The van der Waals surface area contributed by atoms with Crippen LogP contribution in [0.3, 0.4) is 0 Å². The lowest BCUT2D eigenvalue weighted by atomic mass is 9.68. The van der Waals surface area contributed by atoms with Crippen molar-refractivity contribution in [1.29, 1.82) is 0 Å². The van der Waals surface area contributed by atoms with Crippen molar-refractivity contribution in [2.45, 2.75) is 59.8 Å². The maximum Gasteiger partial charge on any atom is 0.311 e. The Bertz CT molecular complexity index is 596. The SMILES string of the molecule is CCOC(=O)C(C)(CC(CC)c1ccccc1)CC(C)(C)C(=O)OCCO. The van der Waals surface area contributed by atoms with E-state index in [9.17, 15) is 9.59 Å². The normalized spacial score (nSPS) is 14.9. The number of carbonyl (C=O) groups excluding carboxylic acids is 2. The molecule has 27 heavy (non-hydrogen) atoms. The molecule has 152 valence electrons. The van der Waals surface area contributed by atoms with Crippen molar-refractivity contribution in [2.24, 2.45) is 10.8 Å². The first-order valence-corrected chi connectivity index (χ1v) is 9.70. The summed E-state index contributed by atoms with van der Waals surface area (Å²) in [6, 6.07) is 10.1. The molecular formula is C22H34O5. The molecule has 1 aromatic carbocycles. The Balaban J connectivity index is 3.10. The number of esters is 2. The number of hydrogen-bond donors (Lipinski definition) is 1. The predicted octanol–water partition coefficient (Wildman–Crippen LogP) is 4.09. The summed E-state index contributed by atoms with van der Waals surface area (Å²) >= 11 is 0. The first kappa shape index (κ1) is 23.2. The minimum absolute atomic E-state index is 0.0417. The van der Waals surface area contributed by atoms with E-state index in [0.717, 1.165) is 6.42 Å². The second-order valence-electron chi connectivity index (χ2n) is 7.92. The fourth-order valence-corrected chi connectivity index (χ4v) is 3.68. The molecule has 2 unspecified atom stereocenters. The molecule has 0 aliphatic carbocycles. The number of benzene rings is 1. The maximum atomic E-state index is 12.8. The topological polar surface area (TPSA) is 72.8 Å². The van der Waals surface area contributed by atoms with Gasteiger partial charge >= 0.3 is 11.9 Å². The third-order valence-corrected chi connectivity index (χ3v) is 4.94. The monoisotopic (exact) mass is 378 g/mol. The van der Waals surface area contributed by atoms with E-state index >= 15 is 0 Å². The van der Waals surface area contributed by atoms with Gasteiger partial charge in [-0.15, -0.1) is 0 Å². The van der Waals surface area contributed by atoms with Gasteiger partial charge < -0.3 is 14.6 Å². The predicted molar refractivity (Wildman–Crippen MR) is 105 cm³/mol. The van der Waals surface area contributed by atoms with Gasteiger partial charge in [0.2, 0.25) is 0 Å². The van der Waals surface area contributed by atoms with Gasteiger partial charge in [-0.1, -0.05) is 37.3 Å². The van der Waals surface area contributed by atoms with Crippen LogP contribution in [0.15, 0.2) is 30.3 Å². The molecule has 0 saturated carbocycles. The number of carbonyl (C=O) groups is 2. The van der Waals surface area contributed by atoms with Crippen molar-refractivity contribution in [3.63, 3.8) is 0 Å². The van der Waals surface area contributed by atoms with Crippen molar-refractivity contribution in [3.05, 3.63) is 35.9 Å². The third-order valence-electron chi connectivity index (χ3n) is 4.94. The van der Waals surface area contributed by atoms with Crippen molar-refractivity contribution in [1.82, 2.24) is 0 Å². The number of aliphatic hydroxyl groups excluding tert-OH is 1. The molecule has 0 aromatic heterocycles. The second-order valence-corrected chi connectivity index (χ2v) is 7.92. The fraction of sp³-hybridized carbons (Fsp3) is 0.636. The van der Waals surface area contributed by atoms with Crippen LogP contribution in [0, 0.1) is 10.8 Å². The van der Waals surface area contributed by atoms with E-state index in [4.69, 9.17) is 14.6 Å². The minimum Gasteiger partial charge on any atom is -0.466 e. The molecule has 0 heterocycles. The van der Waals surface area contributed by atoms with Gasteiger partial charge in [0.1, 0.15) is 6.61 Å². The van der Waals surface area contributed by atoms with Gasteiger partial charge in [0.05, 0.1) is 24.0 Å². The Morgan fingerprint density at radius 2 is 1.67 bits per heavy atom. The zero-order chi connectivity index (χ0) is 20.5. The van der Waals surface area contributed by atoms with Gasteiger partial charge in [0.15, 0.2) is 0 Å². The van der Waals surface area contributed by atoms with E-state index in [1.54, 1.807) is 20.8 Å². The van der Waals surface area contributed by atoms with Crippen LogP contribution in [0.1, 0.15) is 65.4 Å². The standard InChI is InChI=1S/C22H34O5/c1-6-17(18-11-9-8-10-12-18)15-22(5,20(25)26-7-2)16-21(3,4)19(24)27-14-13-23/h8-12,17,23H,6-7,13-16H2,1-5H3. The van der Waals surface area contributed by atoms with Crippen LogP contribution in [-0.4, -0.2) is 36.9 Å². The number of ether oxygens (including phenoxy) is 2. The number of rotatable bonds is 11. The smallest absolute Gasteiger partial charge is 0.311 e. The Kier molecular flexibility index (Phi) is 8.97. The molecule has 5 nitrogen and oxygen atoms in total. The van der Waals surface area contributed by atoms with Gasteiger partial charge in [-0.3, -0.25) is 9.59 Å². The Morgan fingerprint density at radius 3 is 2.19 bits per heavy atom. The van der Waals surface area contributed by atoms with Crippen molar-refractivity contribution in [3.8, 4) is 0 Å². The van der Waals surface area contributed by atoms with E-state index in [-0.39, 0.29) is 25.1 Å². The summed E-state index contributed by atoms with van der Waals surface area (Å²) < 4.78 is 10.5. The molecule has 5 heteroatoms. The zero-order valence-corrected chi connectivity index (χ0v) is 17.3. The van der Waals surface area contributed by atoms with E-state index in [2.05, 4.69) is 19.1 Å². The summed E-state index contributed by atoms with van der Waals surface area (Å²) in [6.07, 6.45) is 1.78. The highest BCUT2D eigenvalue weighted by Crippen LogP contribution is 2.43. The number of hydrogen-bond acceptors (Lipinski definition) is 5. The van der Waals surface area contributed by atoms with Gasteiger partial charge in [0, 0.05) is 0 Å². The van der Waals surface area contributed by atoms with Crippen LogP contribution in [-0.2, 0) is 19.1 Å². The molecule has 0 amide bonds. The quantitative estimate of drug-likeness (QED) is 0.587. The van der Waals surface area contributed by atoms with Crippen LogP contribution in [0.4, 0.5) is 0 Å². The van der Waals surface area contributed by atoms with E-state index in [1.165, 1.54) is 5.56 Å². The minimum atomic E-state index is -0.869. The molecule has 0 saturated heterocycles. The van der Waals surface area contributed by atoms with Crippen molar-refractivity contribution < 1.29 is 24.2 Å². The van der Waals surface area contributed by atoms with Crippen LogP contribution in [0.25, 0.3) is 0 Å². The summed E-state index contributed by atoms with van der Waals surface area (Å²) in [6.45, 7) is 9.34. The second kappa shape index (κ2) is 10.5. The third kappa shape index (κ3) is 6.65. The van der Waals surface area contributed by atoms with Crippen LogP contribution < -0.4 is 0 Å². The average Bonchev–Trinajstić information content (AvgIpc) is 2.64. The zero-order valence-electron chi connectivity index (χ0n) is 17.3. The summed E-state index contributed by atoms with van der Waals surface area (Å²) in [5.74, 6) is -0.521. The average molecular weight is 379 g/mol. The van der Waals surface area contributed by atoms with Crippen LogP contribution >= 0.6 is 0 Å². The van der Waals surface area contributed by atoms with Crippen molar-refractivity contribution in [2.75, 3.05) is 19.8 Å². The lowest BCUT2D eigenvalue weighted by Crippen LogP contribution is -2.40. The Labute approximate surface area is 163 Å². The molecule has 1 aromatic rings. The van der Waals surface area contributed by atoms with Crippen LogP contribution in [0.2, 0.25) is 0 Å². The summed E-state index contributed by atoms with van der Waals surface area (Å²) in [5.41, 5.74) is -0.517. The van der Waals surface area contributed by atoms with Crippen molar-refractivity contribution >= 4 is 11.9 Å². The highest BCUT2D eigenvalue weighted by molar-refractivity contribution is 5.80. The van der Waals surface area contributed by atoms with E-state index in [0.29, 0.717) is 19.4 Å². The molecule has 0 spiro atoms. The molecule has 0 aliphatic rings. The molecular weight excluding hydrogens is 344 g/mol. The van der Waals surface area contributed by atoms with Gasteiger partial charge in [0.25, 0.3) is 0 Å². The summed E-state index contributed by atoms with van der Waals surface area (Å²) in [7, 11) is 0. The maximum absolute atomic E-state index is 12.8. The first-order valence-electron chi connectivity index (χ1n) is 9.70. The van der Waals surface area contributed by atoms with E-state index < -0.39 is 16.8 Å². The lowest BCUT2D eigenvalue weighted by Gasteiger charge is -2.36. The molecule has 0 bridgehead atoms. The highest BCUT2D eigenvalue weighted by atomic mass is 16.5. The molecule has 1 N–H and O–H groups in total. The Morgan fingerprint density at radius 1 is 1.04 bits per heavy atom. The number of aliphatic hydroxyl groups is 1. The molecule has 1 rings (SSSR count). The molecule has 0 aliphatic heterocycles.